The van der Waals surface area contributed by atoms with Crippen LogP contribution in [0.3, 0.4) is 0 Å². The number of hydrogen-bond donors (Lipinski definition) is 1. The average Bonchev–Trinajstić information content (AvgIpc) is 3.06. The molecular weight excluding hydrogens is 394 g/mol. The van der Waals surface area contributed by atoms with Gasteiger partial charge in [0.05, 0.1) is 31.9 Å². The van der Waals surface area contributed by atoms with Gasteiger partial charge in [0, 0.05) is 11.6 Å². The summed E-state index contributed by atoms with van der Waals surface area (Å²) in [7, 11) is 2.61. The van der Waals surface area contributed by atoms with Crippen LogP contribution >= 0.6 is 12.4 Å². The molecule has 7 heteroatoms. The highest BCUT2D eigenvalue weighted by atomic mass is 35.5. The lowest BCUT2D eigenvalue weighted by Crippen LogP contribution is -2.27. The summed E-state index contributed by atoms with van der Waals surface area (Å²) in [6.07, 6.45) is 7.61. The fourth-order valence-corrected chi connectivity index (χ4v) is 3.60. The monoisotopic (exact) mass is 421 g/mol. The van der Waals surface area contributed by atoms with Gasteiger partial charge in [0.25, 0.3) is 0 Å². The van der Waals surface area contributed by atoms with Gasteiger partial charge in [-0.15, -0.1) is 12.4 Å². The largest absolute Gasteiger partial charge is 0.465 e. The Bertz CT molecular complexity index is 790. The van der Waals surface area contributed by atoms with E-state index in [2.05, 4.69) is 5.32 Å². The standard InChI is InChI=1S/C22H27NO5.ClH/c1-26-21(24)16-11-15(12-17(13-16)22(25)27-2)20-10-9-19(28-20)14-23-18-7-5-3-4-6-8-18;/h9-13,18,23H,3-8,14H2,1-2H3;1H. The molecule has 0 bridgehead atoms. The molecule has 0 radical (unpaired) electrons. The fourth-order valence-electron chi connectivity index (χ4n) is 3.60. The molecule has 0 aliphatic heterocycles. The number of halogens is 1. The van der Waals surface area contributed by atoms with Crippen LogP contribution in [0.1, 0.15) is 65.0 Å². The van der Waals surface area contributed by atoms with Crippen LogP contribution in [-0.2, 0) is 16.0 Å². The normalized spacial score (nSPS) is 14.6. The van der Waals surface area contributed by atoms with Crippen molar-refractivity contribution in [3.05, 3.63) is 47.2 Å². The van der Waals surface area contributed by atoms with E-state index in [1.165, 1.54) is 58.8 Å². The summed E-state index contributed by atoms with van der Waals surface area (Å²) in [5.74, 6) is 0.374. The van der Waals surface area contributed by atoms with Crippen molar-refractivity contribution < 1.29 is 23.5 Å². The van der Waals surface area contributed by atoms with E-state index in [-0.39, 0.29) is 23.5 Å². The van der Waals surface area contributed by atoms with E-state index in [0.29, 0.717) is 23.9 Å². The number of rotatable bonds is 6. The summed E-state index contributed by atoms with van der Waals surface area (Å²) in [5, 5.41) is 3.58. The minimum absolute atomic E-state index is 0. The molecule has 6 nitrogen and oxygen atoms in total. The van der Waals surface area contributed by atoms with E-state index in [1.807, 2.05) is 12.1 Å². The number of ether oxygens (including phenoxy) is 2. The molecule has 0 amide bonds. The Labute approximate surface area is 177 Å². The van der Waals surface area contributed by atoms with Crippen LogP contribution in [0.4, 0.5) is 0 Å². The molecule has 1 aromatic carbocycles. The van der Waals surface area contributed by atoms with Crippen molar-refractivity contribution in [3.63, 3.8) is 0 Å². The van der Waals surface area contributed by atoms with E-state index in [4.69, 9.17) is 13.9 Å². The number of esters is 2. The lowest BCUT2D eigenvalue weighted by molar-refractivity contribution is 0.0599. The summed E-state index contributed by atoms with van der Waals surface area (Å²) >= 11 is 0. The third-order valence-electron chi connectivity index (χ3n) is 5.14. The molecule has 1 aliphatic carbocycles. The fraction of sp³-hybridized carbons (Fsp3) is 0.455. The number of furan rings is 1. The Balaban J connectivity index is 0.00000300. The van der Waals surface area contributed by atoms with Gasteiger partial charge in [-0.2, -0.15) is 0 Å². The zero-order valence-corrected chi connectivity index (χ0v) is 17.7. The molecule has 3 rings (SSSR count). The highest BCUT2D eigenvalue weighted by molar-refractivity contribution is 5.97. The molecule has 0 unspecified atom stereocenters. The summed E-state index contributed by atoms with van der Waals surface area (Å²) in [5.41, 5.74) is 1.17. The number of benzene rings is 1. The van der Waals surface area contributed by atoms with E-state index >= 15 is 0 Å². The second kappa shape index (κ2) is 11.0. The molecule has 0 spiro atoms. The minimum Gasteiger partial charge on any atom is -0.465 e. The van der Waals surface area contributed by atoms with Crippen molar-refractivity contribution in [1.82, 2.24) is 5.32 Å². The molecule has 1 aromatic heterocycles. The van der Waals surface area contributed by atoms with Crippen LogP contribution in [-0.4, -0.2) is 32.2 Å². The van der Waals surface area contributed by atoms with E-state index in [9.17, 15) is 9.59 Å². The molecule has 0 atom stereocenters. The van der Waals surface area contributed by atoms with E-state index < -0.39 is 11.9 Å². The smallest absolute Gasteiger partial charge is 0.337 e. The first-order valence-corrected chi connectivity index (χ1v) is 9.75. The molecule has 1 aliphatic rings. The third kappa shape index (κ3) is 6.08. The van der Waals surface area contributed by atoms with Crippen molar-refractivity contribution in [2.24, 2.45) is 0 Å². The number of carbonyl (C=O) groups excluding carboxylic acids is 2. The Kier molecular flexibility index (Phi) is 8.73. The second-order valence-electron chi connectivity index (χ2n) is 7.12. The van der Waals surface area contributed by atoms with Crippen LogP contribution in [0.15, 0.2) is 34.7 Å². The first kappa shape index (κ1) is 23.0. The lowest BCUT2D eigenvalue weighted by Gasteiger charge is -2.14. The molecule has 158 valence electrons. The van der Waals surface area contributed by atoms with Crippen molar-refractivity contribution in [2.45, 2.75) is 51.1 Å². The van der Waals surface area contributed by atoms with Gasteiger partial charge in [-0.25, -0.2) is 9.59 Å². The minimum atomic E-state index is -0.520. The third-order valence-corrected chi connectivity index (χ3v) is 5.14. The topological polar surface area (TPSA) is 77.8 Å². The molecule has 1 N–H and O–H groups in total. The zero-order chi connectivity index (χ0) is 19.9. The summed E-state index contributed by atoms with van der Waals surface area (Å²) in [4.78, 5) is 23.9. The Morgan fingerprint density at radius 3 is 2.10 bits per heavy atom. The number of methoxy groups -OCH3 is 2. The van der Waals surface area contributed by atoms with Gasteiger partial charge in [-0.05, 0) is 43.2 Å². The van der Waals surface area contributed by atoms with Crippen LogP contribution < -0.4 is 5.32 Å². The van der Waals surface area contributed by atoms with Crippen LogP contribution in [0.25, 0.3) is 11.3 Å². The SMILES string of the molecule is COC(=O)c1cc(C(=O)OC)cc(-c2ccc(CNC3CCCCCC3)o2)c1.Cl. The molecule has 1 heterocycles. The van der Waals surface area contributed by atoms with Crippen molar-refractivity contribution in [1.29, 1.82) is 0 Å². The van der Waals surface area contributed by atoms with E-state index in [1.54, 1.807) is 12.1 Å². The van der Waals surface area contributed by atoms with Crippen LogP contribution in [0.5, 0.6) is 0 Å². The average molecular weight is 422 g/mol. The first-order valence-electron chi connectivity index (χ1n) is 9.75. The second-order valence-corrected chi connectivity index (χ2v) is 7.12. The van der Waals surface area contributed by atoms with Gasteiger partial charge < -0.3 is 19.2 Å². The maximum atomic E-state index is 12.0. The Morgan fingerprint density at radius 2 is 1.55 bits per heavy atom. The van der Waals surface area contributed by atoms with Gasteiger partial charge in [0.1, 0.15) is 11.5 Å². The Morgan fingerprint density at radius 1 is 0.966 bits per heavy atom. The molecule has 1 saturated carbocycles. The van der Waals surface area contributed by atoms with Crippen molar-refractivity contribution in [3.8, 4) is 11.3 Å². The van der Waals surface area contributed by atoms with Gasteiger partial charge in [-0.1, -0.05) is 25.7 Å². The highest BCUT2D eigenvalue weighted by Crippen LogP contribution is 2.26. The van der Waals surface area contributed by atoms with Crippen LogP contribution in [0, 0.1) is 0 Å². The summed E-state index contributed by atoms with van der Waals surface area (Å²) < 4.78 is 15.5. The maximum Gasteiger partial charge on any atom is 0.337 e. The van der Waals surface area contributed by atoms with Crippen molar-refractivity contribution >= 4 is 24.3 Å². The number of nitrogens with one attached hydrogen (secondary N) is 1. The predicted octanol–water partition coefficient (Wildman–Crippen LogP) is 4.75. The van der Waals surface area contributed by atoms with Gasteiger partial charge in [0.2, 0.25) is 0 Å². The molecule has 1 fully saturated rings. The quantitative estimate of drug-likeness (QED) is 0.535. The van der Waals surface area contributed by atoms with Gasteiger partial charge in [0.15, 0.2) is 0 Å². The molecule has 29 heavy (non-hydrogen) atoms. The predicted molar refractivity (Wildman–Crippen MR) is 112 cm³/mol. The number of carbonyl (C=O) groups is 2. The van der Waals surface area contributed by atoms with Crippen molar-refractivity contribution in [2.75, 3.05) is 14.2 Å². The summed E-state index contributed by atoms with van der Waals surface area (Å²) in [6, 6.07) is 9.06. The highest BCUT2D eigenvalue weighted by Gasteiger charge is 2.17. The van der Waals surface area contributed by atoms with Crippen LogP contribution in [0.2, 0.25) is 0 Å². The summed E-state index contributed by atoms with van der Waals surface area (Å²) in [6.45, 7) is 0.658. The molecule has 0 saturated heterocycles. The lowest BCUT2D eigenvalue weighted by atomic mass is 10.0. The van der Waals surface area contributed by atoms with E-state index in [0.717, 1.165) is 5.76 Å². The number of hydrogen-bond acceptors (Lipinski definition) is 6. The molecular formula is C22H28ClNO5. The zero-order valence-electron chi connectivity index (χ0n) is 16.9. The van der Waals surface area contributed by atoms with Gasteiger partial charge >= 0.3 is 11.9 Å². The maximum absolute atomic E-state index is 12.0. The first-order chi connectivity index (χ1) is 13.6. The molecule has 2 aromatic rings. The Hall–Kier alpha value is -2.31. The van der Waals surface area contributed by atoms with Gasteiger partial charge in [-0.3, -0.25) is 0 Å².